The molecule has 27 heavy (non-hydrogen) atoms. The molecule has 10 heteroatoms. The number of carbonyl (C=O) groups excluding carboxylic acids is 1. The average Bonchev–Trinajstić information content (AvgIpc) is 2.57. The zero-order valence-electron chi connectivity index (χ0n) is 14.8. The van der Waals surface area contributed by atoms with Crippen LogP contribution in [0.3, 0.4) is 0 Å². The van der Waals surface area contributed by atoms with Crippen LogP contribution in [0.2, 0.25) is 0 Å². The molecule has 0 saturated carbocycles. The first-order valence-corrected chi connectivity index (χ1v) is 7.93. The number of aliphatic carboxylic acids is 3. The number of ether oxygens (including phenoxy) is 1. The summed E-state index contributed by atoms with van der Waals surface area (Å²) in [6, 6.07) is 8.48. The molecular formula is C17H22N2O8. The van der Waals surface area contributed by atoms with Gasteiger partial charge in [0.15, 0.2) is 11.1 Å². The molecule has 1 aromatic carbocycles. The lowest BCUT2D eigenvalue weighted by Gasteiger charge is -2.44. The molecule has 0 bridgehead atoms. The van der Waals surface area contributed by atoms with E-state index in [4.69, 9.17) is 15.6 Å². The summed E-state index contributed by atoms with van der Waals surface area (Å²) in [5.41, 5.74) is 0.896. The SMILES string of the molecule is CC(C)C(NC(=O)OCc1ccccc1)(C(=O)O)C(N)(CC(=O)O)C(=O)O. The van der Waals surface area contributed by atoms with Crippen LogP contribution in [0.5, 0.6) is 0 Å². The second-order valence-electron chi connectivity index (χ2n) is 6.30. The molecule has 0 aromatic heterocycles. The summed E-state index contributed by atoms with van der Waals surface area (Å²) < 4.78 is 4.95. The lowest BCUT2D eigenvalue weighted by Crippen LogP contribution is -2.78. The van der Waals surface area contributed by atoms with Crippen LogP contribution in [0.15, 0.2) is 30.3 Å². The highest BCUT2D eigenvalue weighted by Gasteiger charge is 2.63. The fourth-order valence-electron chi connectivity index (χ4n) is 2.80. The first-order valence-electron chi connectivity index (χ1n) is 7.93. The maximum absolute atomic E-state index is 12.2. The highest BCUT2D eigenvalue weighted by molar-refractivity contribution is 5.98. The van der Waals surface area contributed by atoms with Crippen molar-refractivity contribution >= 4 is 24.0 Å². The number of carbonyl (C=O) groups is 4. The predicted molar refractivity (Wildman–Crippen MR) is 91.8 cm³/mol. The van der Waals surface area contributed by atoms with Crippen molar-refractivity contribution in [2.24, 2.45) is 11.7 Å². The second kappa shape index (κ2) is 8.49. The largest absolute Gasteiger partial charge is 0.481 e. The van der Waals surface area contributed by atoms with E-state index in [0.717, 1.165) is 0 Å². The zero-order chi connectivity index (χ0) is 20.8. The molecule has 0 aliphatic carbocycles. The lowest BCUT2D eigenvalue weighted by molar-refractivity contribution is -0.165. The molecule has 0 aliphatic rings. The van der Waals surface area contributed by atoms with Crippen molar-refractivity contribution in [3.8, 4) is 0 Å². The number of hydrogen-bond donors (Lipinski definition) is 5. The zero-order valence-corrected chi connectivity index (χ0v) is 14.8. The smallest absolute Gasteiger partial charge is 0.408 e. The third kappa shape index (κ3) is 4.53. The Balaban J connectivity index is 3.22. The van der Waals surface area contributed by atoms with E-state index in [0.29, 0.717) is 5.56 Å². The van der Waals surface area contributed by atoms with Gasteiger partial charge >= 0.3 is 24.0 Å². The van der Waals surface area contributed by atoms with Gasteiger partial charge in [-0.1, -0.05) is 44.2 Å². The van der Waals surface area contributed by atoms with Crippen LogP contribution in [-0.4, -0.2) is 50.4 Å². The molecule has 0 radical (unpaired) electrons. The Bertz CT molecular complexity index is 721. The van der Waals surface area contributed by atoms with Crippen molar-refractivity contribution in [2.75, 3.05) is 0 Å². The Labute approximate surface area is 154 Å². The normalized spacial score (nSPS) is 15.3. The molecule has 0 aliphatic heterocycles. The standard InChI is InChI=1S/C17H22N2O8/c1-10(2)17(14(24)25,16(18,13(22)23)8-12(20)21)19-15(26)27-9-11-6-4-3-5-7-11/h3-7,10H,8-9,18H2,1-2H3,(H,19,26)(H,20,21)(H,22,23)(H,24,25). The summed E-state index contributed by atoms with van der Waals surface area (Å²) in [6.45, 7) is 2.40. The minimum Gasteiger partial charge on any atom is -0.481 e. The van der Waals surface area contributed by atoms with E-state index in [-0.39, 0.29) is 6.61 Å². The molecule has 0 fully saturated rings. The van der Waals surface area contributed by atoms with Crippen molar-refractivity contribution in [3.63, 3.8) is 0 Å². The molecule has 1 aromatic rings. The van der Waals surface area contributed by atoms with E-state index in [1.807, 2.05) is 5.32 Å². The van der Waals surface area contributed by atoms with Crippen LogP contribution in [-0.2, 0) is 25.7 Å². The van der Waals surface area contributed by atoms with Gasteiger partial charge in [-0.25, -0.2) is 9.59 Å². The van der Waals surface area contributed by atoms with E-state index >= 15 is 0 Å². The molecular weight excluding hydrogens is 360 g/mol. The number of benzene rings is 1. The minimum atomic E-state index is -2.83. The van der Waals surface area contributed by atoms with Gasteiger partial charge < -0.3 is 31.1 Å². The van der Waals surface area contributed by atoms with Crippen molar-refractivity contribution in [1.29, 1.82) is 0 Å². The fourth-order valence-corrected chi connectivity index (χ4v) is 2.80. The third-order valence-corrected chi connectivity index (χ3v) is 4.23. The Morgan fingerprint density at radius 2 is 1.63 bits per heavy atom. The maximum atomic E-state index is 12.2. The molecule has 1 rings (SSSR count). The fraction of sp³-hybridized carbons (Fsp3) is 0.412. The first kappa shape index (κ1) is 21.9. The van der Waals surface area contributed by atoms with Gasteiger partial charge in [0, 0.05) is 0 Å². The van der Waals surface area contributed by atoms with E-state index < -0.39 is 47.4 Å². The van der Waals surface area contributed by atoms with Gasteiger partial charge in [0.2, 0.25) is 0 Å². The van der Waals surface area contributed by atoms with Crippen molar-refractivity contribution in [3.05, 3.63) is 35.9 Å². The summed E-state index contributed by atoms with van der Waals surface area (Å²) in [5.74, 6) is -6.39. The minimum absolute atomic E-state index is 0.204. The second-order valence-corrected chi connectivity index (χ2v) is 6.30. The van der Waals surface area contributed by atoms with E-state index in [1.54, 1.807) is 30.3 Å². The molecule has 0 spiro atoms. The van der Waals surface area contributed by atoms with Gasteiger partial charge in [-0.15, -0.1) is 0 Å². The van der Waals surface area contributed by atoms with Gasteiger partial charge in [-0.05, 0) is 11.5 Å². The van der Waals surface area contributed by atoms with Gasteiger partial charge in [0.1, 0.15) is 6.61 Å². The van der Waals surface area contributed by atoms with Gasteiger partial charge in [-0.3, -0.25) is 9.59 Å². The van der Waals surface area contributed by atoms with Crippen LogP contribution in [0.1, 0.15) is 25.8 Å². The molecule has 148 valence electrons. The van der Waals surface area contributed by atoms with Crippen molar-refractivity contribution in [1.82, 2.24) is 5.32 Å². The highest BCUT2D eigenvalue weighted by atomic mass is 16.5. The summed E-state index contributed by atoms with van der Waals surface area (Å²) >= 11 is 0. The van der Waals surface area contributed by atoms with E-state index in [9.17, 15) is 29.4 Å². The summed E-state index contributed by atoms with van der Waals surface area (Å²) in [6.07, 6.45) is -2.47. The molecule has 0 saturated heterocycles. The molecule has 0 heterocycles. The number of nitrogens with one attached hydrogen (secondary N) is 1. The van der Waals surface area contributed by atoms with Crippen LogP contribution in [0, 0.1) is 5.92 Å². The average molecular weight is 382 g/mol. The topological polar surface area (TPSA) is 176 Å². The van der Waals surface area contributed by atoms with Crippen molar-refractivity contribution < 1.29 is 39.2 Å². The number of carboxylic acid groups (broad SMARTS) is 3. The number of rotatable bonds is 9. The monoisotopic (exact) mass is 382 g/mol. The number of carboxylic acids is 3. The quantitative estimate of drug-likeness (QED) is 0.410. The Morgan fingerprint density at radius 3 is 2.04 bits per heavy atom. The molecule has 1 amide bonds. The number of alkyl carbamates (subject to hydrolysis) is 1. The lowest BCUT2D eigenvalue weighted by atomic mass is 9.68. The number of nitrogens with two attached hydrogens (primary N) is 1. The Kier molecular flexibility index (Phi) is 6.89. The van der Waals surface area contributed by atoms with Crippen LogP contribution in [0.4, 0.5) is 4.79 Å². The molecule has 2 unspecified atom stereocenters. The Morgan fingerprint density at radius 1 is 1.07 bits per heavy atom. The molecule has 2 atom stereocenters. The molecule has 10 nitrogen and oxygen atoms in total. The highest BCUT2D eigenvalue weighted by Crippen LogP contribution is 2.32. The number of amides is 1. The summed E-state index contributed by atoms with van der Waals surface area (Å²) in [7, 11) is 0. The van der Waals surface area contributed by atoms with Gasteiger partial charge in [-0.2, -0.15) is 0 Å². The van der Waals surface area contributed by atoms with E-state index in [1.165, 1.54) is 13.8 Å². The van der Waals surface area contributed by atoms with Crippen molar-refractivity contribution in [2.45, 2.75) is 38.0 Å². The predicted octanol–water partition coefficient (Wildman–Crippen LogP) is 0.649. The maximum Gasteiger partial charge on any atom is 0.408 e. The van der Waals surface area contributed by atoms with Crippen LogP contribution >= 0.6 is 0 Å². The summed E-state index contributed by atoms with van der Waals surface area (Å²) in [4.78, 5) is 47.1. The van der Waals surface area contributed by atoms with Crippen LogP contribution < -0.4 is 11.1 Å². The van der Waals surface area contributed by atoms with Gasteiger partial charge in [0.05, 0.1) is 6.42 Å². The molecule has 6 N–H and O–H groups in total. The third-order valence-electron chi connectivity index (χ3n) is 4.23. The number of hydrogen-bond acceptors (Lipinski definition) is 6. The first-order chi connectivity index (χ1) is 12.5. The van der Waals surface area contributed by atoms with Gasteiger partial charge in [0.25, 0.3) is 0 Å². The van der Waals surface area contributed by atoms with Crippen LogP contribution in [0.25, 0.3) is 0 Å². The Hall–Kier alpha value is -3.14. The van der Waals surface area contributed by atoms with E-state index in [2.05, 4.69) is 0 Å². The summed E-state index contributed by atoms with van der Waals surface area (Å²) in [5, 5.41) is 30.2.